The molecule has 1 N–H and O–H groups in total. The molecule has 1 heterocycles. The molecule has 4 aromatic rings. The van der Waals surface area contributed by atoms with Crippen molar-refractivity contribution in [3.63, 3.8) is 0 Å². The first-order chi connectivity index (χ1) is 20.0. The molecule has 5 rings (SSSR count). The number of carboxylic acid groups (broad SMARTS) is 1. The van der Waals surface area contributed by atoms with Crippen molar-refractivity contribution < 1.29 is 28.9 Å². The zero-order valence-corrected chi connectivity index (χ0v) is 22.4. The number of aliphatic carboxylic acids is 1. The monoisotopic (exact) mass is 548 g/mol. The van der Waals surface area contributed by atoms with E-state index in [1.165, 1.54) is 12.0 Å². The summed E-state index contributed by atoms with van der Waals surface area (Å²) in [6, 6.07) is 29.5. The number of carbonyl (C=O) groups is 2. The third kappa shape index (κ3) is 5.99. The Morgan fingerprint density at radius 1 is 0.976 bits per heavy atom. The molecule has 8 nitrogen and oxygen atoms in total. The van der Waals surface area contributed by atoms with Crippen LogP contribution in [-0.4, -0.2) is 35.0 Å². The number of carboxylic acids is 1. The number of methoxy groups -OCH3 is 1. The van der Waals surface area contributed by atoms with Gasteiger partial charge in [0.2, 0.25) is 6.10 Å². The van der Waals surface area contributed by atoms with E-state index in [1.807, 2.05) is 42.5 Å². The topological polar surface area (TPSA) is 109 Å². The maximum Gasteiger partial charge on any atom is 0.326 e. The molecule has 0 unspecified atom stereocenters. The van der Waals surface area contributed by atoms with Crippen molar-refractivity contribution in [2.24, 2.45) is 0 Å². The predicted molar refractivity (Wildman–Crippen MR) is 150 cm³/mol. The van der Waals surface area contributed by atoms with Crippen molar-refractivity contribution in [2.45, 2.75) is 31.7 Å². The largest absolute Gasteiger partial charge is 0.493 e. The van der Waals surface area contributed by atoms with Gasteiger partial charge in [0, 0.05) is 24.1 Å². The van der Waals surface area contributed by atoms with Gasteiger partial charge in [-0.1, -0.05) is 66.7 Å². The molecular formula is C33H28N2O6. The minimum absolute atomic E-state index is 0.0378. The summed E-state index contributed by atoms with van der Waals surface area (Å²) < 4.78 is 17.9. The summed E-state index contributed by atoms with van der Waals surface area (Å²) >= 11 is 0. The highest BCUT2D eigenvalue weighted by atomic mass is 16.5. The average molecular weight is 549 g/mol. The third-order valence-corrected chi connectivity index (χ3v) is 7.01. The SMILES string of the molecule is COc1ccc2c(c1OCc1ccccc1)C[C@@H](C(=O)O)N(C(=O)[C@H](Oc1ccc(C#N)cc1)c1ccccc1)C2. The van der Waals surface area contributed by atoms with Gasteiger partial charge in [0.05, 0.1) is 18.7 Å². The number of hydrogen-bond donors (Lipinski definition) is 1. The van der Waals surface area contributed by atoms with Crippen LogP contribution in [0, 0.1) is 11.3 Å². The van der Waals surface area contributed by atoms with Crippen LogP contribution in [0.2, 0.25) is 0 Å². The maximum absolute atomic E-state index is 14.1. The molecule has 0 aromatic heterocycles. The molecule has 0 radical (unpaired) electrons. The van der Waals surface area contributed by atoms with E-state index in [-0.39, 0.29) is 19.6 Å². The lowest BCUT2D eigenvalue weighted by Gasteiger charge is -2.37. The highest BCUT2D eigenvalue weighted by Crippen LogP contribution is 2.40. The van der Waals surface area contributed by atoms with Crippen LogP contribution in [0.25, 0.3) is 0 Å². The Morgan fingerprint density at radius 2 is 1.66 bits per heavy atom. The Kier molecular flexibility index (Phi) is 8.16. The van der Waals surface area contributed by atoms with Crippen LogP contribution in [0.15, 0.2) is 97.1 Å². The number of hydrogen-bond acceptors (Lipinski definition) is 6. The van der Waals surface area contributed by atoms with Crippen LogP contribution >= 0.6 is 0 Å². The van der Waals surface area contributed by atoms with E-state index in [2.05, 4.69) is 6.07 Å². The van der Waals surface area contributed by atoms with Gasteiger partial charge in [-0.2, -0.15) is 5.26 Å². The van der Waals surface area contributed by atoms with Gasteiger partial charge in [0.15, 0.2) is 11.5 Å². The van der Waals surface area contributed by atoms with Crippen molar-refractivity contribution in [3.05, 3.63) is 125 Å². The molecule has 0 fully saturated rings. The van der Waals surface area contributed by atoms with Crippen molar-refractivity contribution in [1.29, 1.82) is 5.26 Å². The average Bonchev–Trinajstić information content (AvgIpc) is 3.02. The fourth-order valence-corrected chi connectivity index (χ4v) is 4.90. The first-order valence-electron chi connectivity index (χ1n) is 13.1. The molecule has 1 aliphatic heterocycles. The highest BCUT2D eigenvalue weighted by Gasteiger charge is 2.40. The van der Waals surface area contributed by atoms with E-state index in [4.69, 9.17) is 19.5 Å². The van der Waals surface area contributed by atoms with Gasteiger partial charge >= 0.3 is 5.97 Å². The van der Waals surface area contributed by atoms with Crippen LogP contribution in [0.1, 0.15) is 33.9 Å². The molecule has 8 heteroatoms. The molecule has 0 saturated carbocycles. The van der Waals surface area contributed by atoms with Crippen LogP contribution < -0.4 is 14.2 Å². The number of amides is 1. The number of nitriles is 1. The molecule has 1 amide bonds. The summed E-state index contributed by atoms with van der Waals surface area (Å²) in [6.07, 6.45) is -1.06. The lowest BCUT2D eigenvalue weighted by molar-refractivity contribution is -0.155. The van der Waals surface area contributed by atoms with Crippen molar-refractivity contribution in [3.8, 4) is 23.3 Å². The smallest absolute Gasteiger partial charge is 0.326 e. The van der Waals surface area contributed by atoms with Gasteiger partial charge in [0.25, 0.3) is 5.91 Å². The van der Waals surface area contributed by atoms with Gasteiger partial charge in [-0.25, -0.2) is 4.79 Å². The van der Waals surface area contributed by atoms with E-state index >= 15 is 0 Å². The van der Waals surface area contributed by atoms with E-state index in [0.29, 0.717) is 33.9 Å². The summed E-state index contributed by atoms with van der Waals surface area (Å²) in [6.45, 7) is 0.333. The fourth-order valence-electron chi connectivity index (χ4n) is 4.90. The Labute approximate surface area is 237 Å². The molecule has 0 spiro atoms. The van der Waals surface area contributed by atoms with E-state index in [1.54, 1.807) is 54.6 Å². The molecule has 206 valence electrons. The molecule has 0 saturated heterocycles. The van der Waals surface area contributed by atoms with Crippen LogP contribution in [-0.2, 0) is 29.2 Å². The second-order valence-electron chi connectivity index (χ2n) is 9.58. The van der Waals surface area contributed by atoms with Crippen molar-refractivity contribution >= 4 is 11.9 Å². The van der Waals surface area contributed by atoms with Gasteiger partial charge in [-0.3, -0.25) is 4.79 Å². The summed E-state index contributed by atoms with van der Waals surface area (Å²) in [5.74, 6) is -0.264. The van der Waals surface area contributed by atoms with E-state index in [9.17, 15) is 14.7 Å². The van der Waals surface area contributed by atoms with Gasteiger partial charge in [-0.05, 0) is 41.5 Å². The Bertz CT molecular complexity index is 1570. The minimum atomic E-state index is -1.16. The highest BCUT2D eigenvalue weighted by molar-refractivity contribution is 5.88. The van der Waals surface area contributed by atoms with Gasteiger partial charge in [0.1, 0.15) is 18.4 Å². The quantitative estimate of drug-likeness (QED) is 0.302. The molecule has 4 aromatic carbocycles. The molecular weight excluding hydrogens is 520 g/mol. The first kappa shape index (κ1) is 27.3. The van der Waals surface area contributed by atoms with Crippen LogP contribution in [0.5, 0.6) is 17.2 Å². The second-order valence-corrected chi connectivity index (χ2v) is 9.58. The minimum Gasteiger partial charge on any atom is -0.493 e. The third-order valence-electron chi connectivity index (χ3n) is 7.01. The van der Waals surface area contributed by atoms with Gasteiger partial charge in [-0.15, -0.1) is 0 Å². The Balaban J connectivity index is 1.48. The predicted octanol–water partition coefficient (Wildman–Crippen LogP) is 5.30. The standard InChI is InChI=1S/C33H28N2O6/c1-39-29-17-14-25-20-35(28(33(37)38)18-27(25)31(29)40-21-23-8-4-2-5-9-23)32(36)30(24-10-6-3-7-11-24)41-26-15-12-22(19-34)13-16-26/h2-17,28,30H,18,20-21H2,1H3,(H,37,38)/t28-,30+/m0/s1. The first-order valence-corrected chi connectivity index (χ1v) is 13.1. The Hall–Kier alpha value is -5.29. The van der Waals surface area contributed by atoms with Crippen molar-refractivity contribution in [2.75, 3.05) is 7.11 Å². The zero-order chi connectivity index (χ0) is 28.8. The van der Waals surface area contributed by atoms with Gasteiger partial charge < -0.3 is 24.2 Å². The fraction of sp³-hybridized carbons (Fsp3) is 0.182. The summed E-state index contributed by atoms with van der Waals surface area (Å²) in [7, 11) is 1.54. The van der Waals surface area contributed by atoms with Crippen LogP contribution in [0.4, 0.5) is 0 Å². The molecule has 0 aliphatic carbocycles. The Morgan fingerprint density at radius 3 is 2.29 bits per heavy atom. The second kappa shape index (κ2) is 12.3. The number of fused-ring (bicyclic) bond motifs is 1. The summed E-state index contributed by atoms with van der Waals surface area (Å²) in [5, 5.41) is 19.4. The summed E-state index contributed by atoms with van der Waals surface area (Å²) in [4.78, 5) is 28.0. The number of carbonyl (C=O) groups excluding carboxylic acids is 1. The number of ether oxygens (including phenoxy) is 3. The number of rotatable bonds is 9. The normalized spacial score (nSPS) is 14.7. The lowest BCUT2D eigenvalue weighted by Crippen LogP contribution is -2.51. The molecule has 1 aliphatic rings. The number of nitrogens with zero attached hydrogens (tertiary/aromatic N) is 2. The van der Waals surface area contributed by atoms with Crippen molar-refractivity contribution in [1.82, 2.24) is 4.90 Å². The molecule has 2 atom stereocenters. The van der Waals surface area contributed by atoms with Crippen LogP contribution in [0.3, 0.4) is 0 Å². The lowest BCUT2D eigenvalue weighted by atomic mass is 9.91. The molecule has 0 bridgehead atoms. The summed E-state index contributed by atoms with van der Waals surface area (Å²) in [5.41, 5.74) is 3.46. The van der Waals surface area contributed by atoms with E-state index < -0.39 is 24.0 Å². The maximum atomic E-state index is 14.1. The molecule has 41 heavy (non-hydrogen) atoms. The number of benzene rings is 4. The zero-order valence-electron chi connectivity index (χ0n) is 22.4. The van der Waals surface area contributed by atoms with E-state index in [0.717, 1.165) is 11.1 Å².